The molecule has 0 saturated carbocycles. The molecule has 0 aromatic heterocycles. The third kappa shape index (κ3) is 8.43. The Morgan fingerprint density at radius 2 is 1.12 bits per heavy atom. The van der Waals surface area contributed by atoms with Crippen LogP contribution in [0.3, 0.4) is 0 Å². The zero-order valence-corrected chi connectivity index (χ0v) is 27.9. The molecule has 2 heterocycles. The van der Waals surface area contributed by atoms with Crippen molar-refractivity contribution in [2.75, 3.05) is 19.8 Å². The third-order valence-electron chi connectivity index (χ3n) is 8.81. The Bertz CT molecular complexity index is 813. The smallest absolute Gasteiger partial charge is 0.192 e. The highest BCUT2D eigenvalue weighted by atomic mass is 28.4. The highest BCUT2D eigenvalue weighted by molar-refractivity contribution is 6.74. The molecule has 2 rings (SSSR count). The summed E-state index contributed by atoms with van der Waals surface area (Å²) in [4.78, 5) is 0. The average molecular weight is 611 g/mol. The van der Waals surface area contributed by atoms with Gasteiger partial charge in [-0.2, -0.15) is 0 Å². The van der Waals surface area contributed by atoms with E-state index >= 15 is 0 Å². The van der Waals surface area contributed by atoms with E-state index in [0.717, 1.165) is 0 Å². The SMILES string of the molecule is C=CCO[C@H]1O[C@H](CO[Si](C)(C)C(C)(C)C)[C@@H](O[C@@H]2O[C@H](CO[Si](C)(C)C(C)(C)C)[C@H](O)[C@H](O)[C@H]2O)[C@H](O)[C@H]1O. The zero-order chi connectivity index (χ0) is 30.8. The quantitative estimate of drug-likeness (QED) is 0.172. The van der Waals surface area contributed by atoms with Gasteiger partial charge >= 0.3 is 0 Å². The molecule has 11 nitrogen and oxygen atoms in total. The lowest BCUT2D eigenvalue weighted by molar-refractivity contribution is -0.358. The third-order valence-corrected chi connectivity index (χ3v) is 17.8. The van der Waals surface area contributed by atoms with Gasteiger partial charge in [-0.05, 0) is 36.3 Å². The summed E-state index contributed by atoms with van der Waals surface area (Å²) < 4.78 is 36.0. The number of ether oxygens (including phenoxy) is 4. The summed E-state index contributed by atoms with van der Waals surface area (Å²) in [5, 5.41) is 53.7. The molecule has 2 saturated heterocycles. The van der Waals surface area contributed by atoms with Crippen molar-refractivity contribution in [2.45, 2.75) is 139 Å². The van der Waals surface area contributed by atoms with Crippen LogP contribution in [0.1, 0.15) is 41.5 Å². The molecular formula is C27H54O11Si2. The molecule has 0 unspecified atom stereocenters. The molecule has 2 aliphatic heterocycles. The first-order valence-electron chi connectivity index (χ1n) is 14.0. The molecule has 10 atom stereocenters. The van der Waals surface area contributed by atoms with Crippen molar-refractivity contribution in [2.24, 2.45) is 0 Å². The summed E-state index contributed by atoms with van der Waals surface area (Å²) in [6.07, 6.45) is -11.9. The maximum absolute atomic E-state index is 11.1. The second-order valence-electron chi connectivity index (χ2n) is 13.9. The normalized spacial score (nSPS) is 36.5. The molecule has 0 aliphatic carbocycles. The first kappa shape index (κ1) is 35.9. The van der Waals surface area contributed by atoms with Crippen LogP contribution in [-0.4, -0.2) is 123 Å². The van der Waals surface area contributed by atoms with Gasteiger partial charge in [-0.15, -0.1) is 6.58 Å². The van der Waals surface area contributed by atoms with Gasteiger partial charge in [0.25, 0.3) is 0 Å². The number of aliphatic hydroxyl groups excluding tert-OH is 5. The van der Waals surface area contributed by atoms with Crippen LogP contribution in [0.15, 0.2) is 12.7 Å². The van der Waals surface area contributed by atoms with E-state index < -0.39 is 78.0 Å². The lowest BCUT2D eigenvalue weighted by Gasteiger charge is -2.47. The minimum atomic E-state index is -2.25. The summed E-state index contributed by atoms with van der Waals surface area (Å²) in [7, 11) is -4.47. The predicted octanol–water partition coefficient (Wildman–Crippen LogP) is 1.87. The molecule has 0 aromatic carbocycles. The first-order chi connectivity index (χ1) is 18.1. The highest BCUT2D eigenvalue weighted by Crippen LogP contribution is 2.39. The molecule has 0 spiro atoms. The number of rotatable bonds is 11. The van der Waals surface area contributed by atoms with Gasteiger partial charge in [-0.1, -0.05) is 47.6 Å². The standard InChI is InChI=1S/C27H54O11Si2/c1-12-13-33-24-22(32)20(30)23(17(37-24)15-35-40(10,11)27(5,6)7)38-25-21(31)19(29)18(28)16(36-25)14-34-39(8,9)26(2,3)4/h12,16-25,28-32H,1,13-15H2,2-11H3/t16-,17-,18+,19+,20-,21-,22-,23-,24+,25+/m1/s1. The minimum Gasteiger partial charge on any atom is -0.414 e. The van der Waals surface area contributed by atoms with E-state index in [-0.39, 0.29) is 29.9 Å². The van der Waals surface area contributed by atoms with Crippen molar-refractivity contribution in [1.82, 2.24) is 0 Å². The van der Waals surface area contributed by atoms with Gasteiger partial charge in [-0.3, -0.25) is 0 Å². The lowest BCUT2D eigenvalue weighted by Crippen LogP contribution is -2.65. The van der Waals surface area contributed by atoms with Crippen LogP contribution < -0.4 is 0 Å². The monoisotopic (exact) mass is 610 g/mol. The van der Waals surface area contributed by atoms with Gasteiger partial charge in [0.1, 0.15) is 48.8 Å². The van der Waals surface area contributed by atoms with Crippen LogP contribution in [0.25, 0.3) is 0 Å². The number of hydrogen-bond donors (Lipinski definition) is 5. The summed E-state index contributed by atoms with van der Waals surface area (Å²) >= 11 is 0. The first-order valence-corrected chi connectivity index (χ1v) is 19.8. The minimum absolute atomic E-state index is 0.0186. The van der Waals surface area contributed by atoms with Crippen molar-refractivity contribution >= 4 is 16.6 Å². The Labute approximate surface area is 241 Å². The molecule has 0 radical (unpaired) electrons. The van der Waals surface area contributed by atoms with Gasteiger partial charge in [0, 0.05) is 0 Å². The molecule has 13 heteroatoms. The highest BCUT2D eigenvalue weighted by Gasteiger charge is 2.52. The molecule has 2 fully saturated rings. The fourth-order valence-corrected chi connectivity index (χ4v) is 5.87. The van der Waals surface area contributed by atoms with Gasteiger partial charge in [0.15, 0.2) is 29.2 Å². The Hall–Kier alpha value is -0.266. The fourth-order valence-electron chi connectivity index (χ4n) is 3.84. The molecule has 2 aliphatic rings. The van der Waals surface area contributed by atoms with Gasteiger partial charge in [-0.25, -0.2) is 0 Å². The zero-order valence-electron chi connectivity index (χ0n) is 25.9. The van der Waals surface area contributed by atoms with Crippen LogP contribution in [0.4, 0.5) is 0 Å². The molecule has 0 amide bonds. The van der Waals surface area contributed by atoms with E-state index in [1.807, 2.05) is 0 Å². The Kier molecular flexibility index (Phi) is 12.2. The van der Waals surface area contributed by atoms with E-state index in [4.69, 9.17) is 27.8 Å². The molecule has 5 N–H and O–H groups in total. The largest absolute Gasteiger partial charge is 0.414 e. The van der Waals surface area contributed by atoms with E-state index in [9.17, 15) is 25.5 Å². The van der Waals surface area contributed by atoms with Crippen LogP contribution in [-0.2, 0) is 27.8 Å². The maximum atomic E-state index is 11.1. The summed E-state index contributed by atoms with van der Waals surface area (Å²) in [6.45, 7) is 24.4. The van der Waals surface area contributed by atoms with Crippen molar-refractivity contribution < 1.29 is 53.3 Å². The molecule has 0 bridgehead atoms. The molecule has 236 valence electrons. The lowest BCUT2D eigenvalue weighted by atomic mass is 9.97. The second kappa shape index (κ2) is 13.6. The van der Waals surface area contributed by atoms with Gasteiger partial charge in [0.2, 0.25) is 0 Å². The fraction of sp³-hybridized carbons (Fsp3) is 0.926. The van der Waals surface area contributed by atoms with Crippen LogP contribution in [0.2, 0.25) is 36.3 Å². The number of aliphatic hydroxyl groups is 5. The van der Waals surface area contributed by atoms with Gasteiger partial charge < -0.3 is 53.3 Å². The average Bonchev–Trinajstić information content (AvgIpc) is 2.83. The predicted molar refractivity (Wildman–Crippen MR) is 155 cm³/mol. The Morgan fingerprint density at radius 1 is 0.675 bits per heavy atom. The number of hydrogen-bond acceptors (Lipinski definition) is 11. The van der Waals surface area contributed by atoms with Gasteiger partial charge in [0.05, 0.1) is 19.8 Å². The van der Waals surface area contributed by atoms with E-state index in [1.165, 1.54) is 6.08 Å². The molecular weight excluding hydrogens is 556 g/mol. The summed E-state index contributed by atoms with van der Waals surface area (Å²) in [5.74, 6) is 0. The van der Waals surface area contributed by atoms with Crippen LogP contribution in [0.5, 0.6) is 0 Å². The Morgan fingerprint density at radius 3 is 1.60 bits per heavy atom. The molecule has 40 heavy (non-hydrogen) atoms. The Balaban J connectivity index is 2.27. The molecule has 0 aromatic rings. The van der Waals surface area contributed by atoms with E-state index in [1.54, 1.807) is 0 Å². The van der Waals surface area contributed by atoms with Crippen LogP contribution >= 0.6 is 0 Å². The van der Waals surface area contributed by atoms with E-state index in [2.05, 4.69) is 74.3 Å². The van der Waals surface area contributed by atoms with Crippen molar-refractivity contribution in [3.8, 4) is 0 Å². The van der Waals surface area contributed by atoms with Crippen LogP contribution in [0, 0.1) is 0 Å². The topological polar surface area (TPSA) is 157 Å². The maximum Gasteiger partial charge on any atom is 0.192 e. The van der Waals surface area contributed by atoms with Crippen molar-refractivity contribution in [3.63, 3.8) is 0 Å². The second-order valence-corrected chi connectivity index (χ2v) is 23.5. The van der Waals surface area contributed by atoms with Crippen molar-refractivity contribution in [1.29, 1.82) is 0 Å². The summed E-state index contributed by atoms with van der Waals surface area (Å²) in [6, 6.07) is 0. The van der Waals surface area contributed by atoms with E-state index in [0.29, 0.717) is 0 Å². The van der Waals surface area contributed by atoms with Crippen molar-refractivity contribution in [3.05, 3.63) is 12.7 Å². The summed E-state index contributed by atoms with van der Waals surface area (Å²) in [5.41, 5.74) is 0.